The highest BCUT2D eigenvalue weighted by atomic mass is 32.2. The number of carbonyl (C=O) groups is 2. The van der Waals surface area contributed by atoms with E-state index in [4.69, 9.17) is 0 Å². The summed E-state index contributed by atoms with van der Waals surface area (Å²) in [4.78, 5) is 25.3. The number of amides is 2. The number of aromatic nitrogens is 3. The molecule has 7 nitrogen and oxygen atoms in total. The zero-order chi connectivity index (χ0) is 18.6. The molecule has 1 N–H and O–H groups in total. The minimum absolute atomic E-state index is 0.140. The molecule has 8 heteroatoms. The molecule has 1 unspecified atom stereocenters. The van der Waals surface area contributed by atoms with Gasteiger partial charge in [-0.05, 0) is 19.9 Å². The quantitative estimate of drug-likeness (QED) is 0.788. The minimum Gasteiger partial charge on any atom is -0.347 e. The normalized spacial score (nSPS) is 11.9. The van der Waals surface area contributed by atoms with Crippen LogP contribution in [0.3, 0.4) is 0 Å². The van der Waals surface area contributed by atoms with Crippen LogP contribution in [-0.4, -0.2) is 57.4 Å². The highest BCUT2D eigenvalue weighted by molar-refractivity contribution is 7.99. The third kappa shape index (κ3) is 4.82. The Bertz CT molecular complexity index is 772. The standard InChI is InChI=1S/C17H23N5O2S/c1-11-7-6-8-13(9-11)15-19-20-17(22(15)5)25-10-14(23)18-12(2)16(24)21(3)4/h6-9,12H,10H2,1-5H3,(H,18,23). The maximum absolute atomic E-state index is 12.0. The van der Waals surface area contributed by atoms with Crippen LogP contribution >= 0.6 is 11.8 Å². The van der Waals surface area contributed by atoms with Gasteiger partial charge >= 0.3 is 0 Å². The molecular formula is C17H23N5O2S. The molecule has 2 rings (SSSR count). The molecule has 0 saturated heterocycles. The highest BCUT2D eigenvalue weighted by Gasteiger charge is 2.18. The number of thioether (sulfide) groups is 1. The number of aryl methyl sites for hydroxylation is 1. The van der Waals surface area contributed by atoms with Crippen LogP contribution in [0.5, 0.6) is 0 Å². The Hall–Kier alpha value is -2.35. The SMILES string of the molecule is Cc1cccc(-c2nnc(SCC(=O)NC(C)C(=O)N(C)C)n2C)c1. The van der Waals surface area contributed by atoms with E-state index in [1.54, 1.807) is 21.0 Å². The van der Waals surface area contributed by atoms with Gasteiger partial charge in [-0.3, -0.25) is 9.59 Å². The zero-order valence-corrected chi connectivity index (χ0v) is 15.9. The lowest BCUT2D eigenvalue weighted by molar-refractivity contribution is -0.133. The van der Waals surface area contributed by atoms with Crippen LogP contribution in [0.4, 0.5) is 0 Å². The topological polar surface area (TPSA) is 80.1 Å². The Morgan fingerprint density at radius 1 is 1.32 bits per heavy atom. The first-order chi connectivity index (χ1) is 11.8. The molecule has 134 valence electrons. The van der Waals surface area contributed by atoms with Crippen LogP contribution in [0, 0.1) is 6.92 Å². The van der Waals surface area contributed by atoms with Crippen LogP contribution in [0.2, 0.25) is 0 Å². The lowest BCUT2D eigenvalue weighted by Gasteiger charge is -2.17. The van der Waals surface area contributed by atoms with Crippen molar-refractivity contribution >= 4 is 23.6 Å². The fraction of sp³-hybridized carbons (Fsp3) is 0.412. The summed E-state index contributed by atoms with van der Waals surface area (Å²) in [5.41, 5.74) is 2.13. The molecule has 1 atom stereocenters. The molecule has 0 aliphatic rings. The average molecular weight is 361 g/mol. The summed E-state index contributed by atoms with van der Waals surface area (Å²) in [7, 11) is 5.19. The molecule has 1 aromatic heterocycles. The second-order valence-corrected chi connectivity index (χ2v) is 6.99. The molecule has 1 aromatic carbocycles. The summed E-state index contributed by atoms with van der Waals surface area (Å²) in [6.07, 6.45) is 0. The summed E-state index contributed by atoms with van der Waals surface area (Å²) in [5.74, 6) is 0.569. The van der Waals surface area contributed by atoms with Crippen molar-refractivity contribution in [2.24, 2.45) is 7.05 Å². The monoisotopic (exact) mass is 361 g/mol. The van der Waals surface area contributed by atoms with Gasteiger partial charge in [-0.25, -0.2) is 0 Å². The number of nitrogens with zero attached hydrogens (tertiary/aromatic N) is 4. The second-order valence-electron chi connectivity index (χ2n) is 6.05. The van der Waals surface area contributed by atoms with Crippen molar-refractivity contribution < 1.29 is 9.59 Å². The van der Waals surface area contributed by atoms with E-state index in [1.165, 1.54) is 16.7 Å². The fourth-order valence-corrected chi connectivity index (χ4v) is 3.06. The minimum atomic E-state index is -0.551. The molecule has 2 amide bonds. The van der Waals surface area contributed by atoms with E-state index in [0.29, 0.717) is 5.16 Å². The molecule has 0 saturated carbocycles. The largest absolute Gasteiger partial charge is 0.347 e. The van der Waals surface area contributed by atoms with Crippen molar-refractivity contribution in [3.05, 3.63) is 29.8 Å². The van der Waals surface area contributed by atoms with Gasteiger partial charge < -0.3 is 14.8 Å². The van der Waals surface area contributed by atoms with Gasteiger partial charge in [0, 0.05) is 26.7 Å². The van der Waals surface area contributed by atoms with Crippen LogP contribution in [0.25, 0.3) is 11.4 Å². The van der Waals surface area contributed by atoms with Gasteiger partial charge in [-0.2, -0.15) is 0 Å². The third-order valence-electron chi connectivity index (χ3n) is 3.63. The summed E-state index contributed by atoms with van der Waals surface area (Å²) < 4.78 is 1.86. The summed E-state index contributed by atoms with van der Waals surface area (Å²) in [5, 5.41) is 11.7. The first kappa shape index (κ1) is 19.0. The van der Waals surface area contributed by atoms with Crippen molar-refractivity contribution in [3.63, 3.8) is 0 Å². The number of nitrogens with one attached hydrogen (secondary N) is 1. The molecule has 0 radical (unpaired) electrons. The average Bonchev–Trinajstić information content (AvgIpc) is 2.92. The summed E-state index contributed by atoms with van der Waals surface area (Å²) >= 11 is 1.29. The molecule has 25 heavy (non-hydrogen) atoms. The molecular weight excluding hydrogens is 338 g/mol. The maximum Gasteiger partial charge on any atom is 0.244 e. The van der Waals surface area contributed by atoms with Gasteiger partial charge in [-0.1, -0.05) is 35.5 Å². The van der Waals surface area contributed by atoms with Gasteiger partial charge in [0.2, 0.25) is 11.8 Å². The van der Waals surface area contributed by atoms with E-state index < -0.39 is 6.04 Å². The summed E-state index contributed by atoms with van der Waals surface area (Å²) in [6.45, 7) is 3.69. The Balaban J connectivity index is 1.98. The third-order valence-corrected chi connectivity index (χ3v) is 4.65. The first-order valence-corrected chi connectivity index (χ1v) is 8.88. The van der Waals surface area contributed by atoms with Crippen LogP contribution in [0.1, 0.15) is 12.5 Å². The van der Waals surface area contributed by atoms with Crippen molar-refractivity contribution in [1.29, 1.82) is 0 Å². The van der Waals surface area contributed by atoms with Gasteiger partial charge in [0.05, 0.1) is 5.75 Å². The number of hydrogen-bond donors (Lipinski definition) is 1. The van der Waals surface area contributed by atoms with Gasteiger partial charge in [0.15, 0.2) is 11.0 Å². The number of hydrogen-bond acceptors (Lipinski definition) is 5. The van der Waals surface area contributed by atoms with Crippen LogP contribution in [-0.2, 0) is 16.6 Å². The number of likely N-dealkylation sites (N-methyl/N-ethyl adjacent to an activating group) is 1. The van der Waals surface area contributed by atoms with Crippen molar-refractivity contribution in [2.45, 2.75) is 25.0 Å². The summed E-state index contributed by atoms with van der Waals surface area (Å²) in [6, 6.07) is 7.47. The van der Waals surface area contributed by atoms with E-state index in [-0.39, 0.29) is 17.6 Å². The molecule has 2 aromatic rings. The molecule has 0 bridgehead atoms. The van der Waals surface area contributed by atoms with E-state index in [2.05, 4.69) is 15.5 Å². The van der Waals surface area contributed by atoms with E-state index in [0.717, 1.165) is 17.0 Å². The predicted molar refractivity (Wildman–Crippen MR) is 98.2 cm³/mol. The van der Waals surface area contributed by atoms with E-state index >= 15 is 0 Å². The molecule has 0 fully saturated rings. The maximum atomic E-state index is 12.0. The number of carbonyl (C=O) groups excluding carboxylic acids is 2. The van der Waals surface area contributed by atoms with E-state index in [1.807, 2.05) is 42.8 Å². The van der Waals surface area contributed by atoms with Crippen LogP contribution in [0.15, 0.2) is 29.4 Å². The second kappa shape index (κ2) is 8.15. The van der Waals surface area contributed by atoms with Crippen molar-refractivity contribution in [1.82, 2.24) is 25.0 Å². The van der Waals surface area contributed by atoms with Gasteiger partial charge in [0.25, 0.3) is 0 Å². The van der Waals surface area contributed by atoms with E-state index in [9.17, 15) is 9.59 Å². The fourth-order valence-electron chi connectivity index (χ4n) is 2.34. The highest BCUT2D eigenvalue weighted by Crippen LogP contribution is 2.23. The van der Waals surface area contributed by atoms with Crippen molar-refractivity contribution in [2.75, 3.05) is 19.8 Å². The Morgan fingerprint density at radius 2 is 2.04 bits per heavy atom. The Morgan fingerprint density at radius 3 is 2.68 bits per heavy atom. The zero-order valence-electron chi connectivity index (χ0n) is 15.1. The predicted octanol–water partition coefficient (Wildman–Crippen LogP) is 1.48. The molecule has 0 spiro atoms. The van der Waals surface area contributed by atoms with Gasteiger partial charge in [-0.15, -0.1) is 10.2 Å². The number of benzene rings is 1. The molecule has 1 heterocycles. The molecule has 0 aliphatic carbocycles. The lowest BCUT2D eigenvalue weighted by Crippen LogP contribution is -2.44. The smallest absolute Gasteiger partial charge is 0.244 e. The number of rotatable bonds is 6. The molecule has 0 aliphatic heterocycles. The van der Waals surface area contributed by atoms with Crippen molar-refractivity contribution in [3.8, 4) is 11.4 Å². The Labute approximate surface area is 151 Å². The lowest BCUT2D eigenvalue weighted by atomic mass is 10.1. The first-order valence-electron chi connectivity index (χ1n) is 7.89. The van der Waals surface area contributed by atoms with Gasteiger partial charge in [0.1, 0.15) is 6.04 Å². The Kier molecular flexibility index (Phi) is 6.19. The van der Waals surface area contributed by atoms with Crippen LogP contribution < -0.4 is 5.32 Å².